The number of thiophene rings is 1. The molecule has 0 fully saturated rings. The Balaban J connectivity index is 1.96. The molecule has 0 bridgehead atoms. The maximum Gasteiger partial charge on any atom is 0.122 e. The van der Waals surface area contributed by atoms with Crippen molar-refractivity contribution >= 4 is 11.3 Å². The molecule has 0 aliphatic carbocycles. The maximum atomic E-state index is 9.04. The summed E-state index contributed by atoms with van der Waals surface area (Å²) in [6.45, 7) is 0.354. The quantitative estimate of drug-likeness (QED) is 0.840. The van der Waals surface area contributed by atoms with Crippen molar-refractivity contribution in [1.29, 1.82) is 0 Å². The number of ether oxygens (including phenoxy) is 1. The molecule has 0 saturated heterocycles. The van der Waals surface area contributed by atoms with Crippen molar-refractivity contribution in [2.45, 2.75) is 13.2 Å². The second-order valence-corrected chi connectivity index (χ2v) is 4.85. The van der Waals surface area contributed by atoms with Gasteiger partial charge in [-0.1, -0.05) is 24.0 Å². The van der Waals surface area contributed by atoms with E-state index in [0.29, 0.717) is 6.61 Å². The minimum Gasteiger partial charge on any atom is -0.488 e. The summed E-state index contributed by atoms with van der Waals surface area (Å²) in [4.78, 5) is 1.07. The highest BCUT2D eigenvalue weighted by molar-refractivity contribution is 7.10. The highest BCUT2D eigenvalue weighted by Gasteiger charge is 2.00. The Morgan fingerprint density at radius 1 is 1.21 bits per heavy atom. The molecule has 2 rings (SSSR count). The first-order valence-corrected chi connectivity index (χ1v) is 6.69. The molecule has 0 amide bonds. The van der Waals surface area contributed by atoms with E-state index in [1.54, 1.807) is 11.3 Å². The first-order valence-electron chi connectivity index (χ1n) is 5.81. The average molecular weight is 274 g/mol. The van der Waals surface area contributed by atoms with E-state index >= 15 is 0 Å². The zero-order chi connectivity index (χ0) is 13.5. The number of benzene rings is 1. The van der Waals surface area contributed by atoms with Crippen molar-refractivity contribution in [3.05, 3.63) is 51.7 Å². The first-order chi connectivity index (χ1) is 9.31. The van der Waals surface area contributed by atoms with Crippen LogP contribution >= 0.6 is 11.3 Å². The molecule has 1 heterocycles. The number of hydrogen-bond acceptors (Lipinski definition) is 4. The Morgan fingerprint density at radius 2 is 2.11 bits per heavy atom. The van der Waals surface area contributed by atoms with Gasteiger partial charge in [0.15, 0.2) is 0 Å². The Labute approximate surface area is 116 Å². The monoisotopic (exact) mass is 274 g/mol. The van der Waals surface area contributed by atoms with E-state index in [1.807, 2.05) is 35.7 Å². The molecule has 0 aliphatic rings. The molecule has 0 aliphatic heterocycles. The molecule has 3 nitrogen and oxygen atoms in total. The van der Waals surface area contributed by atoms with Gasteiger partial charge in [-0.05, 0) is 23.8 Å². The van der Waals surface area contributed by atoms with Crippen LogP contribution in [-0.2, 0) is 13.2 Å². The van der Waals surface area contributed by atoms with E-state index in [2.05, 4.69) is 11.8 Å². The van der Waals surface area contributed by atoms with Crippen molar-refractivity contribution in [3.8, 4) is 17.6 Å². The lowest BCUT2D eigenvalue weighted by atomic mass is 10.2. The van der Waals surface area contributed by atoms with Crippen LogP contribution in [0.3, 0.4) is 0 Å². The molecule has 2 aromatic rings. The molecular weight excluding hydrogens is 260 g/mol. The van der Waals surface area contributed by atoms with Crippen LogP contribution in [0.25, 0.3) is 0 Å². The summed E-state index contributed by atoms with van der Waals surface area (Å²) in [5, 5.41) is 19.6. The summed E-state index contributed by atoms with van der Waals surface area (Å²) in [5.74, 6) is 6.20. The fourth-order valence-corrected chi connectivity index (χ4v) is 2.28. The highest BCUT2D eigenvalue weighted by atomic mass is 32.1. The van der Waals surface area contributed by atoms with Crippen molar-refractivity contribution in [1.82, 2.24) is 0 Å². The topological polar surface area (TPSA) is 49.7 Å². The summed E-state index contributed by atoms with van der Waals surface area (Å²) >= 11 is 1.57. The first kappa shape index (κ1) is 13.6. The minimum absolute atomic E-state index is 0.0110. The van der Waals surface area contributed by atoms with Gasteiger partial charge in [0.2, 0.25) is 0 Å². The third-order valence-corrected chi connectivity index (χ3v) is 3.34. The Kier molecular flexibility index (Phi) is 4.99. The molecule has 1 aromatic heterocycles. The van der Waals surface area contributed by atoms with Gasteiger partial charge in [-0.2, -0.15) is 0 Å². The normalized spacial score (nSPS) is 9.79. The van der Waals surface area contributed by atoms with E-state index in [4.69, 9.17) is 14.9 Å². The SMILES string of the molecule is OCC#Cc1csc(COc2cccc(CO)c2)c1. The van der Waals surface area contributed by atoms with Crippen molar-refractivity contribution < 1.29 is 14.9 Å². The second-order valence-electron chi connectivity index (χ2n) is 3.86. The molecule has 19 heavy (non-hydrogen) atoms. The van der Waals surface area contributed by atoms with Gasteiger partial charge in [0.05, 0.1) is 6.61 Å². The van der Waals surface area contributed by atoms with Gasteiger partial charge < -0.3 is 14.9 Å². The molecule has 2 N–H and O–H groups in total. The summed E-state index contributed by atoms with van der Waals surface area (Å²) in [7, 11) is 0. The molecule has 4 heteroatoms. The molecular formula is C15H14O3S. The second kappa shape index (κ2) is 6.95. The predicted octanol–water partition coefficient (Wildman–Crippen LogP) is 2.16. The zero-order valence-electron chi connectivity index (χ0n) is 10.3. The molecule has 0 atom stereocenters. The van der Waals surface area contributed by atoms with Crippen molar-refractivity contribution in [2.24, 2.45) is 0 Å². The van der Waals surface area contributed by atoms with Gasteiger partial charge in [0.25, 0.3) is 0 Å². The van der Waals surface area contributed by atoms with Crippen LogP contribution in [0.5, 0.6) is 5.75 Å². The lowest BCUT2D eigenvalue weighted by molar-refractivity contribution is 0.278. The molecule has 0 radical (unpaired) electrons. The molecule has 0 unspecified atom stereocenters. The van der Waals surface area contributed by atoms with Gasteiger partial charge in [-0.25, -0.2) is 0 Å². The Hall–Kier alpha value is -1.80. The van der Waals surface area contributed by atoms with E-state index in [9.17, 15) is 0 Å². The van der Waals surface area contributed by atoms with Gasteiger partial charge >= 0.3 is 0 Å². The van der Waals surface area contributed by atoms with E-state index in [-0.39, 0.29) is 13.2 Å². The number of hydrogen-bond donors (Lipinski definition) is 2. The van der Waals surface area contributed by atoms with Gasteiger partial charge in [-0.15, -0.1) is 11.3 Å². The van der Waals surface area contributed by atoms with Gasteiger partial charge in [0, 0.05) is 15.8 Å². The minimum atomic E-state index is -0.129. The van der Waals surface area contributed by atoms with E-state index in [0.717, 1.165) is 21.8 Å². The van der Waals surface area contributed by atoms with Crippen LogP contribution < -0.4 is 4.74 Å². The molecule has 98 valence electrons. The van der Waals surface area contributed by atoms with Crippen LogP contribution in [-0.4, -0.2) is 16.8 Å². The van der Waals surface area contributed by atoms with Crippen LogP contribution in [0.15, 0.2) is 35.7 Å². The predicted molar refractivity (Wildman–Crippen MR) is 75.0 cm³/mol. The average Bonchev–Trinajstić information content (AvgIpc) is 2.91. The lowest BCUT2D eigenvalue weighted by Crippen LogP contribution is -1.93. The van der Waals surface area contributed by atoms with Crippen molar-refractivity contribution in [2.75, 3.05) is 6.61 Å². The maximum absolute atomic E-state index is 9.04. The zero-order valence-corrected chi connectivity index (χ0v) is 11.1. The smallest absolute Gasteiger partial charge is 0.122 e. The third kappa shape index (κ3) is 4.11. The largest absolute Gasteiger partial charge is 0.488 e. The number of aliphatic hydroxyl groups excluding tert-OH is 2. The van der Waals surface area contributed by atoms with Crippen LogP contribution in [0.4, 0.5) is 0 Å². The molecule has 0 spiro atoms. The van der Waals surface area contributed by atoms with Gasteiger partial charge in [-0.3, -0.25) is 0 Å². The number of rotatable bonds is 4. The Bertz CT molecular complexity index is 593. The molecule has 1 aromatic carbocycles. The highest BCUT2D eigenvalue weighted by Crippen LogP contribution is 2.19. The lowest BCUT2D eigenvalue weighted by Gasteiger charge is -2.05. The number of aliphatic hydroxyl groups is 2. The fraction of sp³-hybridized carbons (Fsp3) is 0.200. The molecule has 0 saturated carbocycles. The van der Waals surface area contributed by atoms with Crippen molar-refractivity contribution in [3.63, 3.8) is 0 Å². The third-order valence-electron chi connectivity index (χ3n) is 2.43. The van der Waals surface area contributed by atoms with Crippen LogP contribution in [0.1, 0.15) is 16.0 Å². The summed E-state index contributed by atoms with van der Waals surface area (Å²) in [6.07, 6.45) is 0. The summed E-state index contributed by atoms with van der Waals surface area (Å²) in [6, 6.07) is 9.33. The van der Waals surface area contributed by atoms with Gasteiger partial charge in [0.1, 0.15) is 19.0 Å². The van der Waals surface area contributed by atoms with Crippen LogP contribution in [0, 0.1) is 11.8 Å². The standard InChI is InChI=1S/C15H14O3S/c16-6-2-4-13-8-15(19-11-13)10-18-14-5-1-3-12(7-14)9-17/h1,3,5,7-8,11,16-17H,6,9-10H2. The van der Waals surface area contributed by atoms with E-state index < -0.39 is 0 Å². The summed E-state index contributed by atoms with van der Waals surface area (Å²) in [5.41, 5.74) is 1.72. The van der Waals surface area contributed by atoms with Crippen LogP contribution in [0.2, 0.25) is 0 Å². The van der Waals surface area contributed by atoms with E-state index in [1.165, 1.54) is 0 Å². The fourth-order valence-electron chi connectivity index (χ4n) is 1.55. The Morgan fingerprint density at radius 3 is 2.89 bits per heavy atom. The summed E-state index contributed by atoms with van der Waals surface area (Å²) < 4.78 is 5.65.